The van der Waals surface area contributed by atoms with E-state index in [1.165, 1.54) is 0 Å². The molecule has 0 aliphatic carbocycles. The van der Waals surface area contributed by atoms with Crippen molar-refractivity contribution in [2.45, 2.75) is 13.8 Å². The lowest BCUT2D eigenvalue weighted by Crippen LogP contribution is -1.80. The normalized spacial score (nSPS) is 11.1. The molecule has 0 aliphatic heterocycles. The molecular formula is C15H12ClNO. The highest BCUT2D eigenvalue weighted by atomic mass is 35.5. The Morgan fingerprint density at radius 1 is 1.00 bits per heavy atom. The summed E-state index contributed by atoms with van der Waals surface area (Å²) in [5.41, 5.74) is 4.76. The van der Waals surface area contributed by atoms with E-state index in [4.69, 9.17) is 16.0 Å². The summed E-state index contributed by atoms with van der Waals surface area (Å²) in [5.74, 6) is 0.570. The Balaban J connectivity index is 2.19. The average molecular weight is 258 g/mol. The van der Waals surface area contributed by atoms with E-state index >= 15 is 0 Å². The number of hydrogen-bond donors (Lipinski definition) is 0. The lowest BCUT2D eigenvalue weighted by atomic mass is 10.1. The minimum Gasteiger partial charge on any atom is -0.436 e. The topological polar surface area (TPSA) is 26.0 Å². The van der Waals surface area contributed by atoms with Crippen LogP contribution in [-0.4, -0.2) is 4.98 Å². The van der Waals surface area contributed by atoms with Crippen LogP contribution in [0.4, 0.5) is 0 Å². The van der Waals surface area contributed by atoms with Gasteiger partial charge < -0.3 is 4.42 Å². The predicted molar refractivity (Wildman–Crippen MR) is 73.9 cm³/mol. The van der Waals surface area contributed by atoms with Crippen molar-refractivity contribution in [1.29, 1.82) is 0 Å². The average Bonchev–Trinajstić information content (AvgIpc) is 2.71. The second-order valence-corrected chi connectivity index (χ2v) is 4.88. The molecule has 0 N–H and O–H groups in total. The SMILES string of the molecule is Cc1ccc(-c2nc3cc(C)ccc3o2)c(Cl)c1. The van der Waals surface area contributed by atoms with E-state index in [0.29, 0.717) is 10.9 Å². The highest BCUT2D eigenvalue weighted by Crippen LogP contribution is 2.30. The van der Waals surface area contributed by atoms with Gasteiger partial charge in [0.05, 0.1) is 10.6 Å². The van der Waals surface area contributed by atoms with Gasteiger partial charge in [-0.05, 0) is 49.2 Å². The molecule has 2 nitrogen and oxygen atoms in total. The van der Waals surface area contributed by atoms with Crippen molar-refractivity contribution in [2.24, 2.45) is 0 Å². The summed E-state index contributed by atoms with van der Waals surface area (Å²) >= 11 is 6.22. The number of fused-ring (bicyclic) bond motifs is 1. The third-order valence-corrected chi connectivity index (χ3v) is 3.21. The van der Waals surface area contributed by atoms with Gasteiger partial charge in [0.1, 0.15) is 5.52 Å². The van der Waals surface area contributed by atoms with Gasteiger partial charge in [-0.15, -0.1) is 0 Å². The van der Waals surface area contributed by atoms with Crippen LogP contribution >= 0.6 is 11.6 Å². The van der Waals surface area contributed by atoms with Crippen molar-refractivity contribution in [3.63, 3.8) is 0 Å². The first kappa shape index (κ1) is 11.3. The Morgan fingerprint density at radius 2 is 1.72 bits per heavy atom. The monoisotopic (exact) mass is 257 g/mol. The van der Waals surface area contributed by atoms with Gasteiger partial charge >= 0.3 is 0 Å². The fourth-order valence-corrected chi connectivity index (χ4v) is 2.26. The largest absolute Gasteiger partial charge is 0.436 e. The summed E-state index contributed by atoms with van der Waals surface area (Å²) in [6.45, 7) is 4.04. The molecule has 0 saturated heterocycles. The number of aryl methyl sites for hydroxylation is 2. The van der Waals surface area contributed by atoms with E-state index in [1.54, 1.807) is 0 Å². The van der Waals surface area contributed by atoms with Gasteiger partial charge in [0.2, 0.25) is 5.89 Å². The number of hydrogen-bond acceptors (Lipinski definition) is 2. The standard InChI is InChI=1S/C15H12ClNO/c1-9-3-5-11(12(16)7-9)15-17-13-8-10(2)4-6-14(13)18-15/h3-8H,1-2H3. The maximum atomic E-state index is 6.22. The van der Waals surface area contributed by atoms with Crippen LogP contribution in [0.25, 0.3) is 22.6 Å². The predicted octanol–water partition coefficient (Wildman–Crippen LogP) is 4.77. The molecule has 90 valence electrons. The molecule has 0 bridgehead atoms. The zero-order valence-electron chi connectivity index (χ0n) is 10.2. The minimum atomic E-state index is 0.570. The second-order valence-electron chi connectivity index (χ2n) is 4.47. The molecular weight excluding hydrogens is 246 g/mol. The van der Waals surface area contributed by atoms with E-state index in [9.17, 15) is 0 Å². The quantitative estimate of drug-likeness (QED) is 0.628. The van der Waals surface area contributed by atoms with Crippen LogP contribution in [-0.2, 0) is 0 Å². The van der Waals surface area contributed by atoms with Crippen LogP contribution in [0.5, 0.6) is 0 Å². The molecule has 0 saturated carbocycles. The van der Waals surface area contributed by atoms with Gasteiger partial charge in [0.15, 0.2) is 5.58 Å². The Kier molecular flexibility index (Phi) is 2.60. The summed E-state index contributed by atoms with van der Waals surface area (Å²) in [6.07, 6.45) is 0. The zero-order valence-corrected chi connectivity index (χ0v) is 11.0. The van der Waals surface area contributed by atoms with Gasteiger partial charge in [0, 0.05) is 0 Å². The van der Waals surface area contributed by atoms with Gasteiger partial charge in [-0.1, -0.05) is 23.7 Å². The number of oxazole rings is 1. The number of rotatable bonds is 1. The first-order valence-corrected chi connectivity index (χ1v) is 6.15. The number of aromatic nitrogens is 1. The van der Waals surface area contributed by atoms with Crippen molar-refractivity contribution in [3.05, 3.63) is 52.5 Å². The fourth-order valence-electron chi connectivity index (χ4n) is 1.95. The van der Waals surface area contributed by atoms with Gasteiger partial charge in [0.25, 0.3) is 0 Å². The first-order valence-electron chi connectivity index (χ1n) is 5.77. The van der Waals surface area contributed by atoms with Crippen LogP contribution < -0.4 is 0 Å². The second kappa shape index (κ2) is 4.14. The van der Waals surface area contributed by atoms with Crippen molar-refractivity contribution in [3.8, 4) is 11.5 Å². The highest BCUT2D eigenvalue weighted by Gasteiger charge is 2.11. The molecule has 0 radical (unpaired) electrons. The molecule has 3 aromatic rings. The third-order valence-electron chi connectivity index (χ3n) is 2.90. The van der Waals surface area contributed by atoms with Crippen LogP contribution in [0.3, 0.4) is 0 Å². The molecule has 1 aromatic heterocycles. The fraction of sp³-hybridized carbons (Fsp3) is 0.133. The molecule has 1 heterocycles. The van der Waals surface area contributed by atoms with Crippen LogP contribution in [0.15, 0.2) is 40.8 Å². The molecule has 2 aromatic carbocycles. The number of nitrogens with zero attached hydrogens (tertiary/aromatic N) is 1. The zero-order chi connectivity index (χ0) is 12.7. The van der Waals surface area contributed by atoms with E-state index in [-0.39, 0.29) is 0 Å². The van der Waals surface area contributed by atoms with E-state index < -0.39 is 0 Å². The lowest BCUT2D eigenvalue weighted by Gasteiger charge is -2.00. The molecule has 0 unspecified atom stereocenters. The third kappa shape index (κ3) is 1.89. The van der Waals surface area contributed by atoms with Gasteiger partial charge in [-0.3, -0.25) is 0 Å². The van der Waals surface area contributed by atoms with Gasteiger partial charge in [-0.25, -0.2) is 4.98 Å². The summed E-state index contributed by atoms with van der Waals surface area (Å²) < 4.78 is 5.73. The van der Waals surface area contributed by atoms with Crippen molar-refractivity contribution < 1.29 is 4.42 Å². The van der Waals surface area contributed by atoms with Gasteiger partial charge in [-0.2, -0.15) is 0 Å². The maximum absolute atomic E-state index is 6.22. The summed E-state index contributed by atoms with van der Waals surface area (Å²) in [4.78, 5) is 4.48. The van der Waals surface area contributed by atoms with Crippen LogP contribution in [0.1, 0.15) is 11.1 Å². The Bertz CT molecular complexity index is 730. The summed E-state index contributed by atoms with van der Waals surface area (Å²) in [7, 11) is 0. The summed E-state index contributed by atoms with van der Waals surface area (Å²) in [5, 5.41) is 0.665. The van der Waals surface area contributed by atoms with Crippen molar-refractivity contribution in [2.75, 3.05) is 0 Å². The molecule has 18 heavy (non-hydrogen) atoms. The molecule has 0 amide bonds. The molecule has 0 atom stereocenters. The molecule has 0 spiro atoms. The van der Waals surface area contributed by atoms with Crippen molar-refractivity contribution >= 4 is 22.7 Å². The minimum absolute atomic E-state index is 0.570. The number of benzene rings is 2. The van der Waals surface area contributed by atoms with E-state index in [0.717, 1.165) is 27.8 Å². The lowest BCUT2D eigenvalue weighted by molar-refractivity contribution is 0.620. The van der Waals surface area contributed by atoms with Crippen molar-refractivity contribution in [1.82, 2.24) is 4.98 Å². The molecule has 3 heteroatoms. The molecule has 0 fully saturated rings. The molecule has 3 rings (SSSR count). The maximum Gasteiger partial charge on any atom is 0.228 e. The molecule has 0 aliphatic rings. The Morgan fingerprint density at radius 3 is 2.50 bits per heavy atom. The highest BCUT2D eigenvalue weighted by molar-refractivity contribution is 6.33. The van der Waals surface area contributed by atoms with E-state index in [2.05, 4.69) is 4.98 Å². The Hall–Kier alpha value is -1.80. The summed E-state index contributed by atoms with van der Waals surface area (Å²) in [6, 6.07) is 11.8. The number of halogens is 1. The van der Waals surface area contributed by atoms with Crippen LogP contribution in [0, 0.1) is 13.8 Å². The smallest absolute Gasteiger partial charge is 0.228 e. The Labute approximate surface area is 110 Å². The van der Waals surface area contributed by atoms with E-state index in [1.807, 2.05) is 50.2 Å². The first-order chi connectivity index (χ1) is 8.63. The van der Waals surface area contributed by atoms with Crippen LogP contribution in [0.2, 0.25) is 5.02 Å².